The lowest BCUT2D eigenvalue weighted by atomic mass is 9.95. The molecule has 1 aromatic carbocycles. The van der Waals surface area contributed by atoms with Crippen molar-refractivity contribution in [1.82, 2.24) is 10.6 Å². The molecule has 2 aliphatic heterocycles. The molecule has 4 nitrogen and oxygen atoms in total. The molecular formula is C16H23ClN2O2. The van der Waals surface area contributed by atoms with E-state index >= 15 is 0 Å². The maximum Gasteiger partial charge on any atom is 0.223 e. The maximum absolute atomic E-state index is 12.2. The molecule has 1 atom stereocenters. The summed E-state index contributed by atoms with van der Waals surface area (Å²) in [5.74, 6) is 0.110. The van der Waals surface area contributed by atoms with Crippen molar-refractivity contribution in [3.8, 4) is 0 Å². The number of hydrogen-bond donors (Lipinski definition) is 2. The van der Waals surface area contributed by atoms with Gasteiger partial charge in [0.1, 0.15) is 0 Å². The molecule has 2 aliphatic rings. The molecule has 5 heteroatoms. The first-order valence-corrected chi connectivity index (χ1v) is 7.52. The van der Waals surface area contributed by atoms with E-state index in [0.717, 1.165) is 32.4 Å². The highest BCUT2D eigenvalue weighted by atomic mass is 35.5. The van der Waals surface area contributed by atoms with Gasteiger partial charge in [-0.15, -0.1) is 12.4 Å². The Labute approximate surface area is 132 Å². The largest absolute Gasteiger partial charge is 0.373 e. The number of nitrogens with one attached hydrogen (secondary N) is 2. The molecule has 1 amide bonds. The average molecular weight is 311 g/mol. The summed E-state index contributed by atoms with van der Waals surface area (Å²) in [4.78, 5) is 12.2. The third-order valence-electron chi connectivity index (χ3n) is 4.17. The van der Waals surface area contributed by atoms with Gasteiger partial charge in [-0.1, -0.05) is 24.3 Å². The number of fused-ring (bicyclic) bond motifs is 1. The Hall–Kier alpha value is -1.10. The Morgan fingerprint density at radius 1 is 1.29 bits per heavy atom. The fraction of sp³-hybridized carbons (Fsp3) is 0.562. The van der Waals surface area contributed by atoms with E-state index < -0.39 is 0 Å². The number of carbonyl (C=O) groups excluding carboxylic acids is 1. The molecular weight excluding hydrogens is 288 g/mol. The summed E-state index contributed by atoms with van der Waals surface area (Å²) < 4.78 is 5.79. The van der Waals surface area contributed by atoms with Gasteiger partial charge in [0.15, 0.2) is 0 Å². The number of hydrogen-bond acceptors (Lipinski definition) is 3. The fourth-order valence-corrected chi connectivity index (χ4v) is 3.07. The SMILES string of the molecule is Cl.O=C(CC1OCCc2ccccc21)NC1CCNCC1. The molecule has 3 rings (SSSR count). The van der Waals surface area contributed by atoms with Crippen LogP contribution in [0.1, 0.15) is 36.5 Å². The van der Waals surface area contributed by atoms with E-state index in [4.69, 9.17) is 4.74 Å². The molecule has 0 aliphatic carbocycles. The molecule has 0 saturated carbocycles. The summed E-state index contributed by atoms with van der Waals surface area (Å²) in [5, 5.41) is 6.44. The Morgan fingerprint density at radius 2 is 2.05 bits per heavy atom. The van der Waals surface area contributed by atoms with Gasteiger partial charge in [-0.05, 0) is 43.5 Å². The topological polar surface area (TPSA) is 50.4 Å². The number of carbonyl (C=O) groups is 1. The van der Waals surface area contributed by atoms with E-state index in [1.807, 2.05) is 6.07 Å². The molecule has 116 valence electrons. The highest BCUT2D eigenvalue weighted by Gasteiger charge is 2.24. The Kier molecular flexibility index (Phi) is 6.03. The van der Waals surface area contributed by atoms with E-state index in [2.05, 4.69) is 28.8 Å². The van der Waals surface area contributed by atoms with Crippen LogP contribution in [0.2, 0.25) is 0 Å². The predicted octanol–water partition coefficient (Wildman–Crippen LogP) is 1.98. The molecule has 21 heavy (non-hydrogen) atoms. The summed E-state index contributed by atoms with van der Waals surface area (Å²) in [6.07, 6.45) is 3.34. The fourth-order valence-electron chi connectivity index (χ4n) is 3.07. The van der Waals surface area contributed by atoms with Gasteiger partial charge >= 0.3 is 0 Å². The highest BCUT2D eigenvalue weighted by Crippen LogP contribution is 2.29. The minimum Gasteiger partial charge on any atom is -0.373 e. The minimum atomic E-state index is -0.0818. The van der Waals surface area contributed by atoms with Gasteiger partial charge < -0.3 is 15.4 Å². The molecule has 0 spiro atoms. The zero-order valence-electron chi connectivity index (χ0n) is 12.1. The van der Waals surface area contributed by atoms with Gasteiger partial charge in [-0.25, -0.2) is 0 Å². The first-order chi connectivity index (χ1) is 9.83. The van der Waals surface area contributed by atoms with Crippen LogP contribution in [0.4, 0.5) is 0 Å². The first kappa shape index (κ1) is 16.3. The van der Waals surface area contributed by atoms with Crippen molar-refractivity contribution in [1.29, 1.82) is 0 Å². The monoisotopic (exact) mass is 310 g/mol. The second-order valence-corrected chi connectivity index (χ2v) is 5.60. The molecule has 1 saturated heterocycles. The van der Waals surface area contributed by atoms with Crippen molar-refractivity contribution in [3.63, 3.8) is 0 Å². The molecule has 1 unspecified atom stereocenters. The molecule has 0 aromatic heterocycles. The standard InChI is InChI=1S/C16H22N2O2.ClH/c19-16(18-13-5-8-17-9-6-13)11-15-14-4-2-1-3-12(14)7-10-20-15;/h1-4,13,15,17H,5-11H2,(H,18,19);1H. The quantitative estimate of drug-likeness (QED) is 0.897. The van der Waals surface area contributed by atoms with E-state index in [-0.39, 0.29) is 24.4 Å². The number of piperidine rings is 1. The van der Waals surface area contributed by atoms with Crippen LogP contribution in [0, 0.1) is 0 Å². The van der Waals surface area contributed by atoms with Crippen molar-refractivity contribution >= 4 is 18.3 Å². The van der Waals surface area contributed by atoms with Crippen LogP contribution in [-0.4, -0.2) is 31.6 Å². The zero-order valence-corrected chi connectivity index (χ0v) is 13.0. The maximum atomic E-state index is 12.2. The first-order valence-electron chi connectivity index (χ1n) is 7.52. The Morgan fingerprint density at radius 3 is 2.86 bits per heavy atom. The number of halogens is 1. The van der Waals surface area contributed by atoms with E-state index in [1.165, 1.54) is 11.1 Å². The molecule has 0 radical (unpaired) electrons. The summed E-state index contributed by atoms with van der Waals surface area (Å²) in [7, 11) is 0. The summed E-state index contributed by atoms with van der Waals surface area (Å²) in [6.45, 7) is 2.70. The van der Waals surface area contributed by atoms with Gasteiger partial charge in [0.05, 0.1) is 19.1 Å². The van der Waals surface area contributed by atoms with Crippen LogP contribution in [0.25, 0.3) is 0 Å². The van der Waals surface area contributed by atoms with Crippen molar-refractivity contribution in [2.45, 2.75) is 37.8 Å². The van der Waals surface area contributed by atoms with Crippen molar-refractivity contribution < 1.29 is 9.53 Å². The lowest BCUT2D eigenvalue weighted by Gasteiger charge is -2.28. The summed E-state index contributed by atoms with van der Waals surface area (Å²) >= 11 is 0. The highest BCUT2D eigenvalue weighted by molar-refractivity contribution is 5.85. The number of rotatable bonds is 3. The van der Waals surface area contributed by atoms with Crippen molar-refractivity contribution in [2.24, 2.45) is 0 Å². The van der Waals surface area contributed by atoms with Crippen LogP contribution in [0.3, 0.4) is 0 Å². The lowest BCUT2D eigenvalue weighted by Crippen LogP contribution is -2.43. The van der Waals surface area contributed by atoms with Gasteiger partial charge in [0, 0.05) is 6.04 Å². The normalized spacial score (nSPS) is 22.0. The summed E-state index contributed by atoms with van der Waals surface area (Å²) in [6, 6.07) is 8.61. The van der Waals surface area contributed by atoms with Crippen molar-refractivity contribution in [2.75, 3.05) is 19.7 Å². The smallest absolute Gasteiger partial charge is 0.223 e. The Bertz CT molecular complexity index is 475. The van der Waals surface area contributed by atoms with Gasteiger partial charge in [0.25, 0.3) is 0 Å². The van der Waals surface area contributed by atoms with Crippen LogP contribution in [-0.2, 0) is 16.0 Å². The Balaban J connectivity index is 0.00000161. The molecule has 2 heterocycles. The minimum absolute atomic E-state index is 0. The third-order valence-corrected chi connectivity index (χ3v) is 4.17. The zero-order chi connectivity index (χ0) is 13.8. The third kappa shape index (κ3) is 4.19. The van der Waals surface area contributed by atoms with E-state index in [1.54, 1.807) is 0 Å². The second kappa shape index (κ2) is 7.78. The van der Waals surface area contributed by atoms with Crippen LogP contribution in [0.15, 0.2) is 24.3 Å². The van der Waals surface area contributed by atoms with E-state index in [0.29, 0.717) is 19.1 Å². The molecule has 1 aromatic rings. The predicted molar refractivity (Wildman–Crippen MR) is 84.7 cm³/mol. The molecule has 0 bridgehead atoms. The van der Waals surface area contributed by atoms with Gasteiger partial charge in [-0.3, -0.25) is 4.79 Å². The van der Waals surface area contributed by atoms with E-state index in [9.17, 15) is 4.79 Å². The second-order valence-electron chi connectivity index (χ2n) is 5.60. The number of amides is 1. The van der Waals surface area contributed by atoms with Crippen LogP contribution in [0.5, 0.6) is 0 Å². The van der Waals surface area contributed by atoms with Gasteiger partial charge in [0.2, 0.25) is 5.91 Å². The van der Waals surface area contributed by atoms with Crippen LogP contribution < -0.4 is 10.6 Å². The summed E-state index contributed by atoms with van der Waals surface area (Å²) in [5.41, 5.74) is 2.50. The lowest BCUT2D eigenvalue weighted by molar-refractivity contribution is -0.125. The van der Waals surface area contributed by atoms with Crippen molar-refractivity contribution in [3.05, 3.63) is 35.4 Å². The molecule has 2 N–H and O–H groups in total. The average Bonchev–Trinajstić information content (AvgIpc) is 2.48. The molecule has 1 fully saturated rings. The van der Waals surface area contributed by atoms with Gasteiger partial charge in [-0.2, -0.15) is 0 Å². The number of benzene rings is 1. The van der Waals surface area contributed by atoms with Crippen LogP contribution >= 0.6 is 12.4 Å². The number of ether oxygens (including phenoxy) is 1.